The lowest BCUT2D eigenvalue weighted by atomic mass is 10.1. The fourth-order valence-corrected chi connectivity index (χ4v) is 3.42. The summed E-state index contributed by atoms with van der Waals surface area (Å²) in [5, 5.41) is 8.76. The molecule has 0 saturated carbocycles. The number of urea groups is 1. The Kier molecular flexibility index (Phi) is 6.12. The Morgan fingerprint density at radius 2 is 1.78 bits per heavy atom. The Balaban J connectivity index is 1.33. The van der Waals surface area contributed by atoms with Gasteiger partial charge in [-0.3, -0.25) is 9.69 Å². The smallest absolute Gasteiger partial charge is 0.326 e. The fourth-order valence-electron chi connectivity index (χ4n) is 3.42. The van der Waals surface area contributed by atoms with Crippen LogP contribution < -0.4 is 25.4 Å². The van der Waals surface area contributed by atoms with Gasteiger partial charge in [-0.1, -0.05) is 0 Å². The van der Waals surface area contributed by atoms with E-state index in [1.54, 1.807) is 49.5 Å². The van der Waals surface area contributed by atoms with Gasteiger partial charge in [-0.25, -0.2) is 4.79 Å². The van der Waals surface area contributed by atoms with Crippen LogP contribution in [0.25, 0.3) is 0 Å². The first-order valence-electron chi connectivity index (χ1n) is 10.1. The molecule has 0 bridgehead atoms. The van der Waals surface area contributed by atoms with E-state index in [4.69, 9.17) is 9.47 Å². The molecule has 2 aliphatic heterocycles. The molecule has 3 amide bonds. The number of dihydropyridines is 1. The van der Waals surface area contributed by atoms with E-state index < -0.39 is 0 Å². The van der Waals surface area contributed by atoms with Crippen molar-refractivity contribution in [2.75, 3.05) is 26.1 Å². The molecule has 3 N–H and O–H groups in total. The summed E-state index contributed by atoms with van der Waals surface area (Å²) in [6, 6.07) is 12.0. The molecule has 0 saturated heterocycles. The molecule has 8 heteroatoms. The monoisotopic (exact) mass is 432 g/mol. The maximum atomic E-state index is 12.5. The van der Waals surface area contributed by atoms with Crippen LogP contribution in [0.4, 0.5) is 10.5 Å². The van der Waals surface area contributed by atoms with E-state index in [9.17, 15) is 9.59 Å². The minimum absolute atomic E-state index is 0.218. The first-order chi connectivity index (χ1) is 15.6. The molecule has 8 nitrogen and oxygen atoms in total. The minimum Gasteiger partial charge on any atom is -0.497 e. The van der Waals surface area contributed by atoms with Crippen molar-refractivity contribution in [3.05, 3.63) is 89.4 Å². The van der Waals surface area contributed by atoms with Gasteiger partial charge in [-0.15, -0.1) is 0 Å². The number of carbonyl (C=O) groups excluding carboxylic acids is 2. The van der Waals surface area contributed by atoms with Gasteiger partial charge in [0.2, 0.25) is 0 Å². The minimum atomic E-state index is -0.231. The van der Waals surface area contributed by atoms with E-state index in [2.05, 4.69) is 16.0 Å². The predicted molar refractivity (Wildman–Crippen MR) is 121 cm³/mol. The third kappa shape index (κ3) is 4.75. The lowest BCUT2D eigenvalue weighted by Gasteiger charge is -2.15. The van der Waals surface area contributed by atoms with Crippen LogP contribution in [0, 0.1) is 0 Å². The van der Waals surface area contributed by atoms with Crippen molar-refractivity contribution in [2.45, 2.75) is 6.54 Å². The molecule has 164 valence electrons. The highest BCUT2D eigenvalue weighted by Gasteiger charge is 2.22. The molecule has 0 radical (unpaired) electrons. The van der Waals surface area contributed by atoms with E-state index in [1.165, 1.54) is 0 Å². The van der Waals surface area contributed by atoms with Crippen molar-refractivity contribution >= 4 is 17.6 Å². The number of anilines is 1. The average molecular weight is 432 g/mol. The van der Waals surface area contributed by atoms with Crippen LogP contribution in [-0.4, -0.2) is 37.6 Å². The standard InChI is InChI=1S/C24H24N4O4/c1-31-21-9-16(10-22(11-21)32-2)12-26-23(29)17-3-5-20(6-4-17)27-24(30)28-14-18-7-8-25-13-19(18)15-28/h3-11,13-14,25H,12,15H2,1-2H3,(H,26,29)(H,27,30). The van der Waals surface area contributed by atoms with Crippen molar-refractivity contribution in [1.82, 2.24) is 15.5 Å². The summed E-state index contributed by atoms with van der Waals surface area (Å²) in [7, 11) is 3.16. The third-order valence-corrected chi connectivity index (χ3v) is 5.15. The molecule has 2 heterocycles. The van der Waals surface area contributed by atoms with E-state index in [0.717, 1.165) is 16.7 Å². The van der Waals surface area contributed by atoms with E-state index in [1.807, 2.05) is 36.8 Å². The second-order valence-electron chi connectivity index (χ2n) is 7.29. The maximum absolute atomic E-state index is 12.5. The lowest BCUT2D eigenvalue weighted by Crippen LogP contribution is -2.29. The molecule has 2 aromatic carbocycles. The van der Waals surface area contributed by atoms with E-state index >= 15 is 0 Å². The summed E-state index contributed by atoms with van der Waals surface area (Å²) >= 11 is 0. The Hall–Kier alpha value is -4.20. The maximum Gasteiger partial charge on any atom is 0.326 e. The Morgan fingerprint density at radius 1 is 1.06 bits per heavy atom. The number of fused-ring (bicyclic) bond motifs is 1. The number of nitrogens with zero attached hydrogens (tertiary/aromatic N) is 1. The molecule has 0 atom stereocenters. The third-order valence-electron chi connectivity index (χ3n) is 5.15. The quantitative estimate of drug-likeness (QED) is 0.651. The van der Waals surface area contributed by atoms with Crippen LogP contribution >= 0.6 is 0 Å². The molecule has 2 aromatic rings. The van der Waals surface area contributed by atoms with Gasteiger partial charge in [-0.2, -0.15) is 0 Å². The number of allylic oxidation sites excluding steroid dienone is 1. The summed E-state index contributed by atoms with van der Waals surface area (Å²) < 4.78 is 10.5. The van der Waals surface area contributed by atoms with Gasteiger partial charge < -0.3 is 25.4 Å². The SMILES string of the molecule is COc1cc(CNC(=O)c2ccc(NC(=O)N3C=C4C=CNC=C4C3)cc2)cc(OC)c1. The Bertz CT molecular complexity index is 1100. The summed E-state index contributed by atoms with van der Waals surface area (Å²) in [6.45, 7) is 0.835. The van der Waals surface area contributed by atoms with Crippen molar-refractivity contribution in [1.29, 1.82) is 0 Å². The Morgan fingerprint density at radius 3 is 2.44 bits per heavy atom. The average Bonchev–Trinajstić information content (AvgIpc) is 3.27. The van der Waals surface area contributed by atoms with Gasteiger partial charge >= 0.3 is 6.03 Å². The van der Waals surface area contributed by atoms with Crippen molar-refractivity contribution in [3.63, 3.8) is 0 Å². The van der Waals surface area contributed by atoms with Gasteiger partial charge in [0.05, 0.1) is 20.8 Å². The molecule has 4 rings (SSSR count). The van der Waals surface area contributed by atoms with Crippen molar-refractivity contribution < 1.29 is 19.1 Å². The van der Waals surface area contributed by atoms with Gasteiger partial charge in [0.15, 0.2) is 0 Å². The highest BCUT2D eigenvalue weighted by atomic mass is 16.5. The normalized spacial score (nSPS) is 14.0. The summed E-state index contributed by atoms with van der Waals surface area (Å²) in [4.78, 5) is 26.7. The lowest BCUT2D eigenvalue weighted by molar-refractivity contribution is 0.0951. The number of benzene rings is 2. The topological polar surface area (TPSA) is 91.9 Å². The second kappa shape index (κ2) is 9.30. The Labute approximate surface area is 186 Å². The number of carbonyl (C=O) groups is 2. The molecule has 0 fully saturated rings. The van der Waals surface area contributed by atoms with Crippen LogP contribution in [0.1, 0.15) is 15.9 Å². The van der Waals surface area contributed by atoms with Crippen LogP contribution in [-0.2, 0) is 6.54 Å². The highest BCUT2D eigenvalue weighted by Crippen LogP contribution is 2.24. The van der Waals surface area contributed by atoms with Crippen LogP contribution in [0.2, 0.25) is 0 Å². The predicted octanol–water partition coefficient (Wildman–Crippen LogP) is 3.37. The zero-order valence-corrected chi connectivity index (χ0v) is 17.8. The molecule has 32 heavy (non-hydrogen) atoms. The molecule has 0 aromatic heterocycles. The van der Waals surface area contributed by atoms with Crippen LogP contribution in [0.3, 0.4) is 0 Å². The van der Waals surface area contributed by atoms with Gasteiger partial charge in [-0.05, 0) is 59.2 Å². The number of hydrogen-bond acceptors (Lipinski definition) is 5. The number of rotatable bonds is 6. The van der Waals surface area contributed by atoms with Crippen LogP contribution in [0.15, 0.2) is 78.3 Å². The first kappa shape index (κ1) is 21.0. The zero-order chi connectivity index (χ0) is 22.5. The first-order valence-corrected chi connectivity index (χ1v) is 10.1. The summed E-state index contributed by atoms with van der Waals surface area (Å²) in [5.41, 5.74) is 4.04. The molecule has 0 aliphatic carbocycles. The molecule has 0 unspecified atom stereocenters. The fraction of sp³-hybridized carbons (Fsp3) is 0.167. The second-order valence-corrected chi connectivity index (χ2v) is 7.29. The molecular weight excluding hydrogens is 408 g/mol. The summed E-state index contributed by atoms with van der Waals surface area (Å²) in [5.74, 6) is 1.10. The zero-order valence-electron chi connectivity index (χ0n) is 17.8. The van der Waals surface area contributed by atoms with Gasteiger partial charge in [0.1, 0.15) is 11.5 Å². The van der Waals surface area contributed by atoms with Crippen LogP contribution in [0.5, 0.6) is 11.5 Å². The number of methoxy groups -OCH3 is 2. The number of ether oxygens (including phenoxy) is 2. The molecule has 2 aliphatic rings. The molecule has 0 spiro atoms. The van der Waals surface area contributed by atoms with Gasteiger partial charge in [0.25, 0.3) is 5.91 Å². The highest BCUT2D eigenvalue weighted by molar-refractivity contribution is 5.95. The van der Waals surface area contributed by atoms with Crippen molar-refractivity contribution in [2.24, 2.45) is 0 Å². The van der Waals surface area contributed by atoms with Crippen molar-refractivity contribution in [3.8, 4) is 11.5 Å². The van der Waals surface area contributed by atoms with Gasteiger partial charge in [0, 0.05) is 42.5 Å². The number of amides is 3. The number of hydrogen-bond donors (Lipinski definition) is 3. The summed E-state index contributed by atoms with van der Waals surface area (Å²) in [6.07, 6.45) is 7.45. The molecular formula is C24H24N4O4. The largest absolute Gasteiger partial charge is 0.497 e. The van der Waals surface area contributed by atoms with E-state index in [-0.39, 0.29) is 11.9 Å². The van der Waals surface area contributed by atoms with E-state index in [0.29, 0.717) is 35.8 Å². The number of nitrogens with one attached hydrogen (secondary N) is 3.